The van der Waals surface area contributed by atoms with Crippen LogP contribution in [0.25, 0.3) is 0 Å². The number of rotatable bonds is 21. The number of anilines is 4. The number of nitrogens with two attached hydrogens (primary N) is 2. The standard InChI is InChI=1S/C22H34N2O3Si2.C14H25NO2Si2/c1-17-15-20(23)22(26-2)16-21(17)24-19-10-8-18(9-11-19)7-5-13-28-27-29(3,4)14-6-12-25;1-19(2,12-4-10-16)17-18-11-3-5-13-6-8-14(15)9-7-13/h8-11,15-16,24-25H,5-7,12-14,23H2,1-4H3;6-9,16H,3-5,10-12,15H2,1-2H3. The highest BCUT2D eigenvalue weighted by molar-refractivity contribution is 6.75. The molecule has 0 heterocycles. The summed E-state index contributed by atoms with van der Waals surface area (Å²) in [4.78, 5) is 0. The highest BCUT2D eigenvalue weighted by atomic mass is 28.4. The number of nitrogens with one attached hydrogen (secondary N) is 1. The molecule has 3 aromatic rings. The van der Waals surface area contributed by atoms with Gasteiger partial charge in [0.25, 0.3) is 0 Å². The van der Waals surface area contributed by atoms with Crippen LogP contribution in [0, 0.1) is 6.92 Å². The number of hydrogen-bond donors (Lipinski definition) is 5. The Hall–Kier alpha value is -2.43. The lowest BCUT2D eigenvalue weighted by molar-refractivity contribution is 0.292. The summed E-state index contributed by atoms with van der Waals surface area (Å²) in [5.41, 5.74) is 18.9. The van der Waals surface area contributed by atoms with Crippen LogP contribution < -0.4 is 21.5 Å². The minimum Gasteiger partial charge on any atom is -0.495 e. The molecular weight excluding hydrogens is 667 g/mol. The number of aliphatic hydroxyl groups excluding tert-OH is 2. The fourth-order valence-electron chi connectivity index (χ4n) is 4.95. The van der Waals surface area contributed by atoms with Crippen molar-refractivity contribution in [3.63, 3.8) is 0 Å². The lowest BCUT2D eigenvalue weighted by Crippen LogP contribution is -2.32. The van der Waals surface area contributed by atoms with Crippen molar-refractivity contribution in [2.24, 2.45) is 0 Å². The average Bonchev–Trinajstić information content (AvgIpc) is 3.05. The van der Waals surface area contributed by atoms with Gasteiger partial charge in [0.1, 0.15) is 5.75 Å². The molecule has 12 heteroatoms. The van der Waals surface area contributed by atoms with Gasteiger partial charge in [0.2, 0.25) is 19.5 Å². The first kappa shape index (κ1) is 41.7. The van der Waals surface area contributed by atoms with E-state index < -0.39 is 16.6 Å². The summed E-state index contributed by atoms with van der Waals surface area (Å²) in [5, 5.41) is 21.3. The topological polar surface area (TPSA) is 132 Å². The normalized spacial score (nSPS) is 11.6. The molecule has 0 aliphatic heterocycles. The fourth-order valence-corrected chi connectivity index (χ4v) is 12.4. The zero-order valence-corrected chi connectivity index (χ0v) is 34.0. The molecule has 8 nitrogen and oxygen atoms in total. The number of ether oxygens (including phenoxy) is 1. The zero-order valence-electron chi connectivity index (χ0n) is 30.0. The SMILES string of the molecule is COc1cc(Nc2ccc(CCC[Si]O[Si](C)(C)CCCO)cc2)c(C)cc1N.C[Si](C)(CCCO)O[Si]CCCc1ccc(N)cc1. The predicted octanol–water partition coefficient (Wildman–Crippen LogP) is 7.75. The lowest BCUT2D eigenvalue weighted by atomic mass is 10.1. The molecule has 0 spiro atoms. The molecule has 0 aliphatic rings. The second-order valence-corrected chi connectivity index (χ2v) is 24.6. The Morgan fingerprint density at radius 3 is 1.65 bits per heavy atom. The number of benzene rings is 3. The van der Waals surface area contributed by atoms with E-state index in [2.05, 4.69) is 67.9 Å². The van der Waals surface area contributed by atoms with Gasteiger partial charge in [-0.2, -0.15) is 0 Å². The molecule has 0 fully saturated rings. The monoisotopic (exact) mass is 725 g/mol. The minimum atomic E-state index is -1.59. The van der Waals surface area contributed by atoms with Crippen molar-refractivity contribution in [3.05, 3.63) is 77.4 Å². The number of methoxy groups -OCH3 is 1. The molecule has 0 aromatic heterocycles. The first-order valence-corrected chi connectivity index (χ1v) is 25.5. The van der Waals surface area contributed by atoms with Crippen LogP contribution in [-0.2, 0) is 21.1 Å². The number of aryl methyl sites for hydroxylation is 3. The van der Waals surface area contributed by atoms with E-state index in [1.165, 1.54) is 11.1 Å². The second kappa shape index (κ2) is 22.3. The van der Waals surface area contributed by atoms with Crippen LogP contribution in [0.15, 0.2) is 60.7 Å². The quantitative estimate of drug-likeness (QED) is 0.0428. The summed E-state index contributed by atoms with van der Waals surface area (Å²) in [7, 11) is -0.316. The van der Waals surface area contributed by atoms with Gasteiger partial charge in [-0.05, 0) is 143 Å². The van der Waals surface area contributed by atoms with Crippen molar-refractivity contribution in [3.8, 4) is 5.75 Å². The summed E-state index contributed by atoms with van der Waals surface area (Å²) in [6, 6.07) is 24.8. The molecular formula is C36H59N3O5Si4. The van der Waals surface area contributed by atoms with Gasteiger partial charge in [0.15, 0.2) is 16.6 Å². The fraction of sp³-hybridized carbons (Fsp3) is 0.500. The van der Waals surface area contributed by atoms with Gasteiger partial charge in [-0.1, -0.05) is 24.3 Å². The van der Waals surface area contributed by atoms with E-state index in [9.17, 15) is 0 Å². The van der Waals surface area contributed by atoms with Crippen LogP contribution in [0.4, 0.5) is 22.7 Å². The lowest BCUT2D eigenvalue weighted by Gasteiger charge is -2.22. The van der Waals surface area contributed by atoms with E-state index in [0.717, 1.165) is 85.3 Å². The Morgan fingerprint density at radius 1 is 0.708 bits per heavy atom. The third-order valence-electron chi connectivity index (χ3n) is 7.85. The molecule has 3 rings (SSSR count). The smallest absolute Gasteiger partial charge is 0.215 e. The summed E-state index contributed by atoms with van der Waals surface area (Å²) in [6.45, 7) is 11.5. The van der Waals surface area contributed by atoms with Gasteiger partial charge in [-0.25, -0.2) is 0 Å². The van der Waals surface area contributed by atoms with E-state index in [-0.39, 0.29) is 13.2 Å². The Kier molecular flexibility index (Phi) is 19.4. The van der Waals surface area contributed by atoms with Gasteiger partial charge < -0.3 is 40.0 Å². The van der Waals surface area contributed by atoms with Crippen LogP contribution >= 0.6 is 0 Å². The maximum atomic E-state index is 8.97. The van der Waals surface area contributed by atoms with Gasteiger partial charge in [0, 0.05) is 36.3 Å². The molecule has 0 atom stereocenters. The molecule has 0 saturated carbocycles. The van der Waals surface area contributed by atoms with E-state index in [0.29, 0.717) is 31.0 Å². The van der Waals surface area contributed by atoms with Crippen LogP contribution in [0.1, 0.15) is 42.4 Å². The molecule has 4 radical (unpaired) electrons. The number of aliphatic hydroxyl groups is 2. The molecule has 7 N–H and O–H groups in total. The van der Waals surface area contributed by atoms with Gasteiger partial charge in [0.05, 0.1) is 12.8 Å². The molecule has 0 unspecified atom stereocenters. The molecule has 0 aliphatic carbocycles. The Labute approximate surface area is 297 Å². The van der Waals surface area contributed by atoms with E-state index in [1.54, 1.807) is 7.11 Å². The first-order chi connectivity index (χ1) is 22.9. The van der Waals surface area contributed by atoms with Crippen molar-refractivity contribution in [1.29, 1.82) is 0 Å². The average molecular weight is 726 g/mol. The third-order valence-corrected chi connectivity index (χ3v) is 17.7. The summed E-state index contributed by atoms with van der Waals surface area (Å²) < 4.78 is 17.5. The van der Waals surface area contributed by atoms with Gasteiger partial charge >= 0.3 is 0 Å². The summed E-state index contributed by atoms with van der Waals surface area (Å²) in [6.07, 6.45) is 6.16. The molecule has 3 aromatic carbocycles. The van der Waals surface area contributed by atoms with Crippen LogP contribution in [0.3, 0.4) is 0 Å². The molecule has 264 valence electrons. The Morgan fingerprint density at radius 2 is 1.19 bits per heavy atom. The molecule has 48 heavy (non-hydrogen) atoms. The van der Waals surface area contributed by atoms with E-state index >= 15 is 0 Å². The minimum absolute atomic E-state index is 0.263. The highest BCUT2D eigenvalue weighted by Crippen LogP contribution is 2.31. The Balaban J connectivity index is 0.000000365. The van der Waals surface area contributed by atoms with Crippen molar-refractivity contribution in [1.82, 2.24) is 0 Å². The predicted molar refractivity (Wildman–Crippen MR) is 211 cm³/mol. The third kappa shape index (κ3) is 17.3. The van der Waals surface area contributed by atoms with Crippen molar-refractivity contribution in [2.75, 3.05) is 37.1 Å². The second-order valence-electron chi connectivity index (χ2n) is 13.3. The van der Waals surface area contributed by atoms with Crippen molar-refractivity contribution < 1.29 is 23.2 Å². The van der Waals surface area contributed by atoms with Crippen molar-refractivity contribution in [2.45, 2.75) is 95.8 Å². The maximum absolute atomic E-state index is 8.97. The maximum Gasteiger partial charge on any atom is 0.215 e. The summed E-state index contributed by atoms with van der Waals surface area (Å²) >= 11 is 0. The first-order valence-electron chi connectivity index (χ1n) is 17.1. The van der Waals surface area contributed by atoms with E-state index in [1.807, 2.05) is 31.2 Å². The number of hydrogen-bond acceptors (Lipinski definition) is 8. The molecule has 0 saturated heterocycles. The molecule has 0 amide bonds. The van der Waals surface area contributed by atoms with E-state index in [4.69, 9.17) is 34.6 Å². The Bertz CT molecular complexity index is 1310. The largest absolute Gasteiger partial charge is 0.495 e. The summed E-state index contributed by atoms with van der Waals surface area (Å²) in [5.74, 6) is 0.681. The van der Waals surface area contributed by atoms with Crippen LogP contribution in [0.5, 0.6) is 5.75 Å². The van der Waals surface area contributed by atoms with Crippen molar-refractivity contribution >= 4 is 58.9 Å². The van der Waals surface area contributed by atoms with Crippen LogP contribution in [0.2, 0.25) is 50.4 Å². The van der Waals surface area contributed by atoms with Gasteiger partial charge in [-0.15, -0.1) is 0 Å². The zero-order chi connectivity index (χ0) is 35.4. The molecule has 0 bridgehead atoms. The number of nitrogen functional groups attached to an aromatic ring is 2. The van der Waals surface area contributed by atoms with Crippen LogP contribution in [-0.4, -0.2) is 66.7 Å². The van der Waals surface area contributed by atoms with Gasteiger partial charge in [-0.3, -0.25) is 0 Å². The highest BCUT2D eigenvalue weighted by Gasteiger charge is 2.22.